The van der Waals surface area contributed by atoms with Crippen molar-refractivity contribution in [2.24, 2.45) is 10.9 Å². The van der Waals surface area contributed by atoms with Crippen molar-refractivity contribution in [2.75, 3.05) is 18.1 Å². The lowest BCUT2D eigenvalue weighted by Gasteiger charge is -2.21. The summed E-state index contributed by atoms with van der Waals surface area (Å²) in [6.07, 6.45) is 5.19. The van der Waals surface area contributed by atoms with Crippen molar-refractivity contribution < 1.29 is 4.79 Å². The number of nitrogens with zero attached hydrogens (tertiary/aromatic N) is 1. The lowest BCUT2D eigenvalue weighted by atomic mass is 9.97. The summed E-state index contributed by atoms with van der Waals surface area (Å²) in [5.74, 6) is 3.30. The summed E-state index contributed by atoms with van der Waals surface area (Å²) in [5.41, 5.74) is 1.07. The SMILES string of the molecule is C=C(CN=C=O)CC1CCCSC1. The summed E-state index contributed by atoms with van der Waals surface area (Å²) >= 11 is 2.02. The highest BCUT2D eigenvalue weighted by molar-refractivity contribution is 7.99. The van der Waals surface area contributed by atoms with Crippen LogP contribution in [0.3, 0.4) is 0 Å². The Labute approximate surface area is 83.5 Å². The fourth-order valence-electron chi connectivity index (χ4n) is 1.59. The van der Waals surface area contributed by atoms with Gasteiger partial charge >= 0.3 is 0 Å². The van der Waals surface area contributed by atoms with Crippen LogP contribution in [0.25, 0.3) is 0 Å². The minimum Gasteiger partial charge on any atom is -0.211 e. The van der Waals surface area contributed by atoms with Crippen LogP contribution in [0.2, 0.25) is 0 Å². The molecule has 0 amide bonds. The second-order valence-corrected chi connectivity index (χ2v) is 4.59. The average Bonchev–Trinajstić information content (AvgIpc) is 2.16. The molecule has 0 spiro atoms. The molecule has 3 heteroatoms. The Morgan fingerprint density at radius 3 is 3.15 bits per heavy atom. The summed E-state index contributed by atoms with van der Waals surface area (Å²) in [7, 11) is 0. The molecule has 1 atom stereocenters. The molecular weight excluding hydrogens is 182 g/mol. The maximum absolute atomic E-state index is 9.86. The van der Waals surface area contributed by atoms with Gasteiger partial charge in [-0.25, -0.2) is 9.79 Å². The van der Waals surface area contributed by atoms with Gasteiger partial charge in [0, 0.05) is 0 Å². The van der Waals surface area contributed by atoms with Gasteiger partial charge in [0.05, 0.1) is 6.54 Å². The van der Waals surface area contributed by atoms with E-state index < -0.39 is 0 Å². The highest BCUT2D eigenvalue weighted by Crippen LogP contribution is 2.27. The maximum atomic E-state index is 9.86. The van der Waals surface area contributed by atoms with Gasteiger partial charge in [-0.05, 0) is 36.7 Å². The molecule has 1 heterocycles. The largest absolute Gasteiger partial charge is 0.235 e. The zero-order valence-electron chi connectivity index (χ0n) is 7.79. The molecule has 1 aliphatic heterocycles. The van der Waals surface area contributed by atoms with Crippen molar-refractivity contribution in [3.63, 3.8) is 0 Å². The standard InChI is InChI=1S/C10H15NOS/c1-9(6-11-8-12)5-10-3-2-4-13-7-10/h10H,1-7H2. The van der Waals surface area contributed by atoms with Crippen LogP contribution >= 0.6 is 11.8 Å². The Bertz CT molecular complexity index is 215. The van der Waals surface area contributed by atoms with Gasteiger partial charge in [-0.3, -0.25) is 0 Å². The minimum absolute atomic E-state index is 0.463. The Morgan fingerprint density at radius 1 is 1.69 bits per heavy atom. The Hall–Kier alpha value is -0.530. The zero-order valence-corrected chi connectivity index (χ0v) is 8.61. The number of carbonyl (C=O) groups excluding carboxylic acids is 1. The molecule has 1 rings (SSSR count). The topological polar surface area (TPSA) is 29.4 Å². The number of thioether (sulfide) groups is 1. The Kier molecular flexibility index (Phi) is 4.87. The molecule has 0 aromatic carbocycles. The van der Waals surface area contributed by atoms with Crippen molar-refractivity contribution in [3.8, 4) is 0 Å². The van der Waals surface area contributed by atoms with Crippen LogP contribution in [0, 0.1) is 5.92 Å². The van der Waals surface area contributed by atoms with Crippen molar-refractivity contribution in [1.82, 2.24) is 0 Å². The van der Waals surface area contributed by atoms with E-state index in [1.165, 1.54) is 24.3 Å². The van der Waals surface area contributed by atoms with E-state index in [1.807, 2.05) is 11.8 Å². The van der Waals surface area contributed by atoms with Crippen molar-refractivity contribution in [1.29, 1.82) is 0 Å². The van der Waals surface area contributed by atoms with E-state index in [9.17, 15) is 4.79 Å². The number of rotatable bonds is 4. The molecule has 0 bridgehead atoms. The van der Waals surface area contributed by atoms with Gasteiger partial charge in [0.15, 0.2) is 0 Å². The third-order valence-corrected chi connectivity index (χ3v) is 3.48. The molecule has 0 N–H and O–H groups in total. The first-order chi connectivity index (χ1) is 6.33. The summed E-state index contributed by atoms with van der Waals surface area (Å²) in [4.78, 5) is 13.4. The molecule has 0 radical (unpaired) electrons. The molecule has 1 aliphatic rings. The number of aliphatic imine (C=N–C) groups is 1. The number of isocyanates is 1. The van der Waals surface area contributed by atoms with E-state index in [0.717, 1.165) is 17.9 Å². The van der Waals surface area contributed by atoms with Crippen LogP contribution in [0.4, 0.5) is 0 Å². The first-order valence-corrected chi connectivity index (χ1v) is 5.76. The van der Waals surface area contributed by atoms with Gasteiger partial charge in [0.25, 0.3) is 0 Å². The lowest BCUT2D eigenvalue weighted by Crippen LogP contribution is -2.11. The van der Waals surface area contributed by atoms with Crippen molar-refractivity contribution in [2.45, 2.75) is 19.3 Å². The summed E-state index contributed by atoms with van der Waals surface area (Å²) in [5, 5.41) is 0. The molecule has 72 valence electrons. The van der Waals surface area contributed by atoms with Gasteiger partial charge in [0.1, 0.15) is 0 Å². The molecule has 1 fully saturated rings. The molecule has 0 saturated carbocycles. The highest BCUT2D eigenvalue weighted by atomic mass is 32.2. The van der Waals surface area contributed by atoms with E-state index in [-0.39, 0.29) is 0 Å². The summed E-state index contributed by atoms with van der Waals surface area (Å²) < 4.78 is 0. The number of hydrogen-bond acceptors (Lipinski definition) is 3. The minimum atomic E-state index is 0.463. The van der Waals surface area contributed by atoms with Crippen LogP contribution in [-0.4, -0.2) is 24.1 Å². The van der Waals surface area contributed by atoms with Crippen LogP contribution in [-0.2, 0) is 4.79 Å². The molecule has 0 aromatic rings. The molecule has 13 heavy (non-hydrogen) atoms. The van der Waals surface area contributed by atoms with Crippen LogP contribution in [0.5, 0.6) is 0 Å². The van der Waals surface area contributed by atoms with E-state index in [4.69, 9.17) is 0 Å². The van der Waals surface area contributed by atoms with E-state index >= 15 is 0 Å². The van der Waals surface area contributed by atoms with Gasteiger partial charge in [-0.1, -0.05) is 12.2 Å². The molecular formula is C10H15NOS. The average molecular weight is 197 g/mol. The Morgan fingerprint density at radius 2 is 2.54 bits per heavy atom. The van der Waals surface area contributed by atoms with Crippen molar-refractivity contribution >= 4 is 17.8 Å². The van der Waals surface area contributed by atoms with E-state index in [0.29, 0.717) is 6.54 Å². The van der Waals surface area contributed by atoms with E-state index in [2.05, 4.69) is 11.6 Å². The zero-order chi connectivity index (χ0) is 9.52. The molecule has 0 aliphatic carbocycles. The molecule has 0 aromatic heterocycles. The maximum Gasteiger partial charge on any atom is 0.235 e. The third-order valence-electron chi connectivity index (χ3n) is 2.20. The second-order valence-electron chi connectivity index (χ2n) is 3.44. The predicted octanol–water partition coefficient (Wildman–Crippen LogP) is 2.41. The number of hydrogen-bond donors (Lipinski definition) is 0. The normalized spacial score (nSPS) is 22.0. The smallest absolute Gasteiger partial charge is 0.211 e. The quantitative estimate of drug-likeness (QED) is 0.393. The fraction of sp³-hybridized carbons (Fsp3) is 0.700. The van der Waals surface area contributed by atoms with Crippen LogP contribution in [0.1, 0.15) is 19.3 Å². The highest BCUT2D eigenvalue weighted by Gasteiger charge is 2.14. The first kappa shape index (κ1) is 10.6. The molecule has 2 nitrogen and oxygen atoms in total. The van der Waals surface area contributed by atoms with Crippen LogP contribution < -0.4 is 0 Å². The van der Waals surface area contributed by atoms with Gasteiger partial charge < -0.3 is 0 Å². The first-order valence-electron chi connectivity index (χ1n) is 4.61. The van der Waals surface area contributed by atoms with E-state index in [1.54, 1.807) is 6.08 Å². The Balaban J connectivity index is 2.21. The van der Waals surface area contributed by atoms with Crippen LogP contribution in [0.15, 0.2) is 17.1 Å². The summed E-state index contributed by atoms with van der Waals surface area (Å²) in [6.45, 7) is 4.37. The third kappa shape index (κ3) is 4.30. The molecule has 1 saturated heterocycles. The second kappa shape index (κ2) is 6.01. The molecule has 1 unspecified atom stereocenters. The van der Waals surface area contributed by atoms with Gasteiger partial charge in [-0.2, -0.15) is 11.8 Å². The fourth-order valence-corrected chi connectivity index (χ4v) is 2.74. The van der Waals surface area contributed by atoms with Gasteiger partial charge in [0.2, 0.25) is 6.08 Å². The predicted molar refractivity (Wildman–Crippen MR) is 56.8 cm³/mol. The monoisotopic (exact) mass is 197 g/mol. The van der Waals surface area contributed by atoms with Gasteiger partial charge in [-0.15, -0.1) is 0 Å². The lowest BCUT2D eigenvalue weighted by molar-refractivity contribution is 0.516. The summed E-state index contributed by atoms with van der Waals surface area (Å²) in [6, 6.07) is 0. The van der Waals surface area contributed by atoms with Crippen molar-refractivity contribution in [3.05, 3.63) is 12.2 Å².